The number of hydrogen-bond donors (Lipinski definition) is 1. The van der Waals surface area contributed by atoms with E-state index in [4.69, 9.17) is 19.6 Å². The predicted molar refractivity (Wildman–Crippen MR) is 137 cm³/mol. The zero-order valence-electron chi connectivity index (χ0n) is 20.8. The number of nitrogens with zero attached hydrogens (tertiary/aromatic N) is 3. The summed E-state index contributed by atoms with van der Waals surface area (Å²) in [7, 11) is 3.26. The summed E-state index contributed by atoms with van der Waals surface area (Å²) in [5.41, 5.74) is 6.65. The van der Waals surface area contributed by atoms with Crippen LogP contribution in [0.5, 0.6) is 11.5 Å². The van der Waals surface area contributed by atoms with Gasteiger partial charge in [-0.05, 0) is 56.4 Å². The van der Waals surface area contributed by atoms with Crippen LogP contribution in [0.3, 0.4) is 0 Å². The van der Waals surface area contributed by atoms with Gasteiger partial charge in [0.2, 0.25) is 5.91 Å². The van der Waals surface area contributed by atoms with Gasteiger partial charge in [0.1, 0.15) is 11.5 Å². The number of amides is 1. The number of aromatic nitrogens is 3. The minimum absolute atomic E-state index is 0.0566. The van der Waals surface area contributed by atoms with E-state index in [-0.39, 0.29) is 5.91 Å². The van der Waals surface area contributed by atoms with Gasteiger partial charge in [-0.1, -0.05) is 30.3 Å². The van der Waals surface area contributed by atoms with Crippen LogP contribution in [-0.2, 0) is 17.6 Å². The van der Waals surface area contributed by atoms with E-state index in [0.29, 0.717) is 25.1 Å². The van der Waals surface area contributed by atoms with Crippen LogP contribution < -0.4 is 14.8 Å². The molecule has 2 aromatic carbocycles. The number of carbonyl (C=O) groups excluding carboxylic acids is 1. The van der Waals surface area contributed by atoms with E-state index in [9.17, 15) is 4.79 Å². The van der Waals surface area contributed by atoms with Crippen LogP contribution in [0.1, 0.15) is 35.4 Å². The standard InChI is InChI=1S/C28H32N4O3/c1-19-23(14-15-28(33)29-16-8-11-21-9-6-5-7-10-21)20(2)32-27(30-19)18-25(31-32)24-13-12-22(34-3)17-26(24)35-4/h5-7,9-10,12-13,17-18H,8,11,14-16H2,1-4H3,(H,29,33). The molecular weight excluding hydrogens is 440 g/mol. The Bertz CT molecular complexity index is 1320. The number of methoxy groups -OCH3 is 2. The molecule has 4 aromatic rings. The van der Waals surface area contributed by atoms with Crippen LogP contribution in [0.25, 0.3) is 16.9 Å². The molecule has 1 N–H and O–H groups in total. The molecule has 0 bridgehead atoms. The monoisotopic (exact) mass is 472 g/mol. The third-order valence-corrected chi connectivity index (χ3v) is 6.26. The lowest BCUT2D eigenvalue weighted by molar-refractivity contribution is -0.121. The molecular formula is C28H32N4O3. The van der Waals surface area contributed by atoms with Crippen molar-refractivity contribution in [3.8, 4) is 22.8 Å². The van der Waals surface area contributed by atoms with Gasteiger partial charge in [-0.25, -0.2) is 9.50 Å². The van der Waals surface area contributed by atoms with Gasteiger partial charge < -0.3 is 14.8 Å². The summed E-state index contributed by atoms with van der Waals surface area (Å²) in [6, 6.07) is 17.9. The lowest BCUT2D eigenvalue weighted by Crippen LogP contribution is -2.25. The highest BCUT2D eigenvalue weighted by atomic mass is 16.5. The Kier molecular flexibility index (Phi) is 7.65. The third-order valence-electron chi connectivity index (χ3n) is 6.26. The molecule has 0 aliphatic rings. The Morgan fingerprint density at radius 3 is 2.54 bits per heavy atom. The summed E-state index contributed by atoms with van der Waals surface area (Å²) in [4.78, 5) is 17.2. The highest BCUT2D eigenvalue weighted by Crippen LogP contribution is 2.33. The second-order valence-electron chi connectivity index (χ2n) is 8.57. The molecule has 2 heterocycles. The highest BCUT2D eigenvalue weighted by Gasteiger charge is 2.16. The molecule has 7 nitrogen and oxygen atoms in total. The summed E-state index contributed by atoms with van der Waals surface area (Å²) in [6.07, 6.45) is 2.92. The maximum Gasteiger partial charge on any atom is 0.220 e. The van der Waals surface area contributed by atoms with Gasteiger partial charge >= 0.3 is 0 Å². The normalized spacial score (nSPS) is 11.0. The van der Waals surface area contributed by atoms with E-state index >= 15 is 0 Å². The first kappa shape index (κ1) is 24.3. The van der Waals surface area contributed by atoms with Crippen LogP contribution in [0.4, 0.5) is 0 Å². The van der Waals surface area contributed by atoms with Crippen molar-refractivity contribution in [2.75, 3.05) is 20.8 Å². The Hall–Kier alpha value is -3.87. The predicted octanol–water partition coefficient (Wildman–Crippen LogP) is 4.71. The third kappa shape index (κ3) is 5.62. The first-order valence-corrected chi connectivity index (χ1v) is 11.9. The zero-order valence-corrected chi connectivity index (χ0v) is 20.8. The molecule has 7 heteroatoms. The quantitative estimate of drug-likeness (QED) is 0.338. The van der Waals surface area contributed by atoms with Crippen LogP contribution in [0, 0.1) is 13.8 Å². The van der Waals surface area contributed by atoms with Crippen molar-refractivity contribution in [2.24, 2.45) is 0 Å². The maximum absolute atomic E-state index is 12.4. The second-order valence-corrected chi connectivity index (χ2v) is 8.57. The zero-order chi connectivity index (χ0) is 24.8. The van der Waals surface area contributed by atoms with Crippen molar-refractivity contribution >= 4 is 11.6 Å². The van der Waals surface area contributed by atoms with Gasteiger partial charge in [-0.2, -0.15) is 5.10 Å². The molecule has 0 radical (unpaired) electrons. The molecule has 0 spiro atoms. The van der Waals surface area contributed by atoms with Crippen LogP contribution in [0.15, 0.2) is 54.6 Å². The molecule has 4 rings (SSSR count). The van der Waals surface area contributed by atoms with Gasteiger partial charge in [-0.3, -0.25) is 4.79 Å². The molecule has 1 amide bonds. The Morgan fingerprint density at radius 2 is 1.80 bits per heavy atom. The maximum atomic E-state index is 12.4. The second kappa shape index (κ2) is 11.0. The van der Waals surface area contributed by atoms with Crippen LogP contribution >= 0.6 is 0 Å². The molecule has 0 unspecified atom stereocenters. The molecule has 0 fully saturated rings. The smallest absolute Gasteiger partial charge is 0.220 e. The SMILES string of the molecule is COc1ccc(-c2cc3nc(C)c(CCC(=O)NCCCc4ccccc4)c(C)n3n2)c(OC)c1. The number of carbonyl (C=O) groups is 1. The fraction of sp³-hybridized carbons (Fsp3) is 0.321. The largest absolute Gasteiger partial charge is 0.497 e. The molecule has 0 saturated heterocycles. The Morgan fingerprint density at radius 1 is 1.00 bits per heavy atom. The molecule has 35 heavy (non-hydrogen) atoms. The first-order chi connectivity index (χ1) is 17.0. The van der Waals surface area contributed by atoms with Gasteiger partial charge in [0.05, 0.1) is 19.9 Å². The summed E-state index contributed by atoms with van der Waals surface area (Å²) in [5.74, 6) is 1.47. The molecule has 2 aromatic heterocycles. The van der Waals surface area contributed by atoms with Crippen molar-refractivity contribution < 1.29 is 14.3 Å². The van der Waals surface area contributed by atoms with Crippen molar-refractivity contribution in [1.29, 1.82) is 0 Å². The molecule has 0 atom stereocenters. The fourth-order valence-electron chi connectivity index (χ4n) is 4.32. The van der Waals surface area contributed by atoms with Crippen molar-refractivity contribution in [3.63, 3.8) is 0 Å². The van der Waals surface area contributed by atoms with Gasteiger partial charge in [0, 0.05) is 42.0 Å². The average molecular weight is 473 g/mol. The number of hydrogen-bond acceptors (Lipinski definition) is 5. The topological polar surface area (TPSA) is 77.8 Å². The first-order valence-electron chi connectivity index (χ1n) is 11.9. The molecule has 0 aliphatic heterocycles. The van der Waals surface area contributed by atoms with E-state index in [1.165, 1.54) is 5.56 Å². The number of nitrogens with one attached hydrogen (secondary N) is 1. The number of fused-ring (bicyclic) bond motifs is 1. The minimum Gasteiger partial charge on any atom is -0.497 e. The number of aryl methyl sites for hydroxylation is 3. The van der Waals surface area contributed by atoms with E-state index in [2.05, 4.69) is 17.4 Å². The lowest BCUT2D eigenvalue weighted by atomic mass is 10.1. The van der Waals surface area contributed by atoms with Crippen LogP contribution in [-0.4, -0.2) is 41.3 Å². The fourth-order valence-corrected chi connectivity index (χ4v) is 4.32. The highest BCUT2D eigenvalue weighted by molar-refractivity contribution is 5.76. The lowest BCUT2D eigenvalue weighted by Gasteiger charge is -2.11. The van der Waals surface area contributed by atoms with Gasteiger partial charge in [-0.15, -0.1) is 0 Å². The van der Waals surface area contributed by atoms with E-state index in [1.54, 1.807) is 14.2 Å². The summed E-state index contributed by atoms with van der Waals surface area (Å²) < 4.78 is 12.7. The molecule has 182 valence electrons. The average Bonchev–Trinajstić information content (AvgIpc) is 3.30. The minimum atomic E-state index is 0.0566. The van der Waals surface area contributed by atoms with E-state index in [1.807, 2.05) is 60.8 Å². The van der Waals surface area contributed by atoms with Gasteiger partial charge in [0.25, 0.3) is 0 Å². The molecule has 0 saturated carbocycles. The van der Waals surface area contributed by atoms with E-state index in [0.717, 1.165) is 52.4 Å². The summed E-state index contributed by atoms with van der Waals surface area (Å²) in [5, 5.41) is 7.84. The van der Waals surface area contributed by atoms with Crippen molar-refractivity contribution in [1.82, 2.24) is 19.9 Å². The summed E-state index contributed by atoms with van der Waals surface area (Å²) >= 11 is 0. The number of ether oxygens (including phenoxy) is 2. The number of rotatable bonds is 10. The molecule has 0 aliphatic carbocycles. The van der Waals surface area contributed by atoms with E-state index < -0.39 is 0 Å². The number of benzene rings is 2. The Labute approximate surface area is 206 Å². The van der Waals surface area contributed by atoms with Crippen LogP contribution in [0.2, 0.25) is 0 Å². The van der Waals surface area contributed by atoms with Gasteiger partial charge in [0.15, 0.2) is 5.65 Å². The summed E-state index contributed by atoms with van der Waals surface area (Å²) in [6.45, 7) is 4.69. The van der Waals surface area contributed by atoms with Crippen molar-refractivity contribution in [3.05, 3.63) is 77.1 Å². The Balaban J connectivity index is 1.43. The van der Waals surface area contributed by atoms with Crippen molar-refractivity contribution in [2.45, 2.75) is 39.5 Å².